The highest BCUT2D eigenvalue weighted by Crippen LogP contribution is 2.24. The number of hydrogen-bond acceptors (Lipinski definition) is 5. The van der Waals surface area contributed by atoms with E-state index in [1.807, 2.05) is 40.9 Å². The minimum absolute atomic E-state index is 0.0712. The van der Waals surface area contributed by atoms with E-state index in [0.29, 0.717) is 12.3 Å². The molecule has 230 valence electrons. The van der Waals surface area contributed by atoms with Crippen molar-refractivity contribution < 1.29 is 19.1 Å². The van der Waals surface area contributed by atoms with Gasteiger partial charge in [-0.15, -0.1) is 0 Å². The average Bonchev–Trinajstić information content (AvgIpc) is 2.84. The predicted molar refractivity (Wildman–Crippen MR) is 166 cm³/mol. The third-order valence-corrected chi connectivity index (χ3v) is 7.48. The Hall–Kier alpha value is -1.36. The number of carbonyl (C=O) groups is 2. The quantitative estimate of drug-likeness (QED) is 0.0720. The SMILES string of the molecule is CCCCCCCC(C)CCCC(C)CCC(CC(C)/C=C/COC(=O)C(C)(C)C)OC(=O)CCCN(C)C. The van der Waals surface area contributed by atoms with Crippen molar-refractivity contribution >= 4 is 11.9 Å². The highest BCUT2D eigenvalue weighted by molar-refractivity contribution is 5.75. The third kappa shape index (κ3) is 23.1. The first-order valence-electron chi connectivity index (χ1n) is 16.0. The second-order valence-electron chi connectivity index (χ2n) is 13.4. The van der Waals surface area contributed by atoms with Gasteiger partial charge in [0.25, 0.3) is 0 Å². The second-order valence-corrected chi connectivity index (χ2v) is 13.4. The molecule has 0 aromatic heterocycles. The van der Waals surface area contributed by atoms with Gasteiger partial charge in [-0.05, 0) is 84.8 Å². The van der Waals surface area contributed by atoms with Crippen LogP contribution in [0.5, 0.6) is 0 Å². The van der Waals surface area contributed by atoms with Crippen LogP contribution in [0.25, 0.3) is 0 Å². The first-order chi connectivity index (χ1) is 18.3. The summed E-state index contributed by atoms with van der Waals surface area (Å²) in [5.74, 6) is 1.42. The summed E-state index contributed by atoms with van der Waals surface area (Å²) in [6.45, 7) is 15.9. The summed E-state index contributed by atoms with van der Waals surface area (Å²) in [5, 5.41) is 0. The summed E-state index contributed by atoms with van der Waals surface area (Å²) in [4.78, 5) is 26.6. The zero-order valence-corrected chi connectivity index (χ0v) is 27.4. The van der Waals surface area contributed by atoms with Gasteiger partial charge >= 0.3 is 11.9 Å². The van der Waals surface area contributed by atoms with Crippen molar-refractivity contribution in [3.63, 3.8) is 0 Å². The number of nitrogens with zero attached hydrogens (tertiary/aromatic N) is 1. The molecule has 0 amide bonds. The van der Waals surface area contributed by atoms with Crippen LogP contribution < -0.4 is 0 Å². The fourth-order valence-electron chi connectivity index (χ4n) is 4.80. The molecule has 0 heterocycles. The Morgan fingerprint density at radius 1 is 0.821 bits per heavy atom. The topological polar surface area (TPSA) is 55.8 Å². The lowest BCUT2D eigenvalue weighted by Gasteiger charge is -2.22. The molecule has 0 aliphatic rings. The van der Waals surface area contributed by atoms with Crippen LogP contribution in [0.3, 0.4) is 0 Å². The number of rotatable bonds is 23. The first-order valence-corrected chi connectivity index (χ1v) is 16.0. The van der Waals surface area contributed by atoms with Crippen molar-refractivity contribution in [3.8, 4) is 0 Å². The van der Waals surface area contributed by atoms with E-state index < -0.39 is 5.41 Å². The molecule has 0 radical (unpaired) electrons. The fraction of sp³-hybridized carbons (Fsp3) is 0.882. The summed E-state index contributed by atoms with van der Waals surface area (Å²) in [7, 11) is 4.05. The molecule has 4 atom stereocenters. The van der Waals surface area contributed by atoms with E-state index in [1.165, 1.54) is 57.8 Å². The molecule has 39 heavy (non-hydrogen) atoms. The molecule has 0 N–H and O–H groups in total. The highest BCUT2D eigenvalue weighted by atomic mass is 16.5. The number of allylic oxidation sites excluding steroid dienone is 1. The monoisotopic (exact) mass is 551 g/mol. The number of carbonyl (C=O) groups excluding carboxylic acids is 2. The maximum atomic E-state index is 12.6. The Kier molecular flexibility index (Phi) is 21.6. The van der Waals surface area contributed by atoms with Gasteiger partial charge in [0.2, 0.25) is 0 Å². The van der Waals surface area contributed by atoms with Crippen LogP contribution in [0, 0.1) is 23.2 Å². The molecule has 0 saturated carbocycles. The molecule has 5 heteroatoms. The number of hydrogen-bond donors (Lipinski definition) is 0. The molecule has 4 unspecified atom stereocenters. The third-order valence-electron chi connectivity index (χ3n) is 7.48. The Balaban J connectivity index is 4.62. The van der Waals surface area contributed by atoms with Gasteiger partial charge in [0.15, 0.2) is 0 Å². The van der Waals surface area contributed by atoms with Crippen LogP contribution in [0.4, 0.5) is 0 Å². The molecule has 0 bridgehead atoms. The van der Waals surface area contributed by atoms with Gasteiger partial charge in [-0.3, -0.25) is 9.59 Å². The summed E-state index contributed by atoms with van der Waals surface area (Å²) < 4.78 is 11.3. The Labute approximate surface area is 242 Å². The summed E-state index contributed by atoms with van der Waals surface area (Å²) >= 11 is 0. The van der Waals surface area contributed by atoms with Crippen molar-refractivity contribution in [1.29, 1.82) is 0 Å². The lowest BCUT2D eigenvalue weighted by Crippen LogP contribution is -2.23. The molecule has 0 saturated heterocycles. The maximum Gasteiger partial charge on any atom is 0.311 e. The van der Waals surface area contributed by atoms with Gasteiger partial charge in [-0.2, -0.15) is 0 Å². The van der Waals surface area contributed by atoms with E-state index >= 15 is 0 Å². The molecule has 0 rings (SSSR count). The summed E-state index contributed by atoms with van der Waals surface area (Å²) in [6.07, 6.45) is 20.1. The van der Waals surface area contributed by atoms with Crippen LogP contribution in [0.2, 0.25) is 0 Å². The Morgan fingerprint density at radius 2 is 1.44 bits per heavy atom. The molecular formula is C34H65NO4. The van der Waals surface area contributed by atoms with Crippen molar-refractivity contribution in [3.05, 3.63) is 12.2 Å². The van der Waals surface area contributed by atoms with Crippen molar-refractivity contribution in [1.82, 2.24) is 4.90 Å². The fourth-order valence-corrected chi connectivity index (χ4v) is 4.80. The molecule has 5 nitrogen and oxygen atoms in total. The molecule has 0 spiro atoms. The average molecular weight is 552 g/mol. The van der Waals surface area contributed by atoms with Crippen molar-refractivity contribution in [2.24, 2.45) is 23.2 Å². The predicted octanol–water partition coefficient (Wildman–Crippen LogP) is 8.99. The van der Waals surface area contributed by atoms with Crippen molar-refractivity contribution in [2.45, 2.75) is 144 Å². The molecular weight excluding hydrogens is 486 g/mol. The van der Waals surface area contributed by atoms with Gasteiger partial charge in [-0.1, -0.05) is 97.6 Å². The zero-order chi connectivity index (χ0) is 29.7. The largest absolute Gasteiger partial charge is 0.462 e. The van der Waals surface area contributed by atoms with Crippen LogP contribution in [0.15, 0.2) is 12.2 Å². The minimum Gasteiger partial charge on any atom is -0.462 e. The van der Waals surface area contributed by atoms with Gasteiger partial charge < -0.3 is 14.4 Å². The maximum absolute atomic E-state index is 12.6. The second kappa shape index (κ2) is 22.3. The van der Waals surface area contributed by atoms with Crippen LogP contribution in [0.1, 0.15) is 138 Å². The highest BCUT2D eigenvalue weighted by Gasteiger charge is 2.22. The molecule has 0 aromatic rings. The van der Waals surface area contributed by atoms with E-state index in [9.17, 15) is 9.59 Å². The summed E-state index contributed by atoms with van der Waals surface area (Å²) in [6, 6.07) is 0. The lowest BCUT2D eigenvalue weighted by atomic mass is 9.91. The molecule has 0 aliphatic heterocycles. The van der Waals surface area contributed by atoms with Crippen LogP contribution in [-0.2, 0) is 19.1 Å². The van der Waals surface area contributed by atoms with Gasteiger partial charge in [0.05, 0.1) is 5.41 Å². The Bertz CT molecular complexity index is 652. The van der Waals surface area contributed by atoms with Gasteiger partial charge in [0.1, 0.15) is 12.7 Å². The number of unbranched alkanes of at least 4 members (excludes halogenated alkanes) is 4. The molecule has 0 aromatic carbocycles. The molecule has 0 aliphatic carbocycles. The smallest absolute Gasteiger partial charge is 0.311 e. The van der Waals surface area contributed by atoms with Gasteiger partial charge in [0, 0.05) is 6.42 Å². The van der Waals surface area contributed by atoms with E-state index in [2.05, 4.69) is 38.7 Å². The van der Waals surface area contributed by atoms with E-state index in [-0.39, 0.29) is 30.6 Å². The van der Waals surface area contributed by atoms with E-state index in [4.69, 9.17) is 9.47 Å². The number of esters is 2. The standard InChI is InChI=1S/C34H65NO4/c1-10-11-12-13-14-18-28(2)19-15-20-29(3)23-24-31(39-32(36)22-16-25-35(8)9)27-30(4)21-17-26-38-33(37)34(5,6)7/h17,21,28-31H,10-16,18-20,22-27H2,1-9H3/b21-17+. The normalized spacial score (nSPS) is 15.3. The number of ether oxygens (including phenoxy) is 2. The summed E-state index contributed by atoms with van der Waals surface area (Å²) in [5.41, 5.74) is -0.492. The Morgan fingerprint density at radius 3 is 2.05 bits per heavy atom. The lowest BCUT2D eigenvalue weighted by molar-refractivity contribution is -0.152. The van der Waals surface area contributed by atoms with E-state index in [0.717, 1.165) is 38.1 Å². The molecule has 0 fully saturated rings. The van der Waals surface area contributed by atoms with Crippen molar-refractivity contribution in [2.75, 3.05) is 27.2 Å². The van der Waals surface area contributed by atoms with Crippen LogP contribution in [-0.4, -0.2) is 50.2 Å². The van der Waals surface area contributed by atoms with E-state index in [1.54, 1.807) is 0 Å². The zero-order valence-electron chi connectivity index (χ0n) is 27.4. The van der Waals surface area contributed by atoms with Gasteiger partial charge in [-0.25, -0.2) is 0 Å². The first kappa shape index (κ1) is 37.6. The minimum atomic E-state index is -0.492. The van der Waals surface area contributed by atoms with Crippen LogP contribution >= 0.6 is 0 Å².